The molecule has 0 atom stereocenters. The van der Waals surface area contributed by atoms with Crippen LogP contribution in [-0.2, 0) is 5.75 Å². The third-order valence-corrected chi connectivity index (χ3v) is 3.50. The van der Waals surface area contributed by atoms with Crippen LogP contribution in [-0.4, -0.2) is 20.2 Å². The summed E-state index contributed by atoms with van der Waals surface area (Å²) in [6, 6.07) is 1.85. The van der Waals surface area contributed by atoms with Crippen molar-refractivity contribution < 1.29 is 0 Å². The Hall–Kier alpha value is -0.720. The number of nitrogens with zero attached hydrogens (tertiary/aromatic N) is 4. The van der Waals surface area contributed by atoms with Crippen molar-refractivity contribution in [2.75, 3.05) is 0 Å². The minimum atomic E-state index is 0.475. The summed E-state index contributed by atoms with van der Waals surface area (Å²) in [5, 5.41) is 9.44. The van der Waals surface area contributed by atoms with E-state index in [1.165, 1.54) is 17.7 Å². The number of aromatic nitrogens is 4. The van der Waals surface area contributed by atoms with Gasteiger partial charge in [-0.15, -0.1) is 10.2 Å². The summed E-state index contributed by atoms with van der Waals surface area (Å²) in [5.41, 5.74) is 0. The van der Waals surface area contributed by atoms with Gasteiger partial charge in [0.25, 0.3) is 0 Å². The molecule has 0 aliphatic carbocycles. The molecule has 0 spiro atoms. The summed E-state index contributed by atoms with van der Waals surface area (Å²) in [6.45, 7) is 0. The van der Waals surface area contributed by atoms with Crippen molar-refractivity contribution in [2.24, 2.45) is 0 Å². The SMILES string of the molecule is Clc1nnc(CSc2ccncn2)s1. The third-order valence-electron chi connectivity index (χ3n) is 1.34. The third kappa shape index (κ3) is 2.63. The highest BCUT2D eigenvalue weighted by Gasteiger charge is 2.02. The fourth-order valence-electron chi connectivity index (χ4n) is 0.791. The molecule has 7 heteroatoms. The van der Waals surface area contributed by atoms with Crippen LogP contribution in [0.3, 0.4) is 0 Å². The molecule has 0 saturated heterocycles. The van der Waals surface area contributed by atoms with Crippen molar-refractivity contribution in [1.82, 2.24) is 20.2 Å². The predicted octanol–water partition coefficient (Wildman–Crippen LogP) is 2.27. The summed E-state index contributed by atoms with van der Waals surface area (Å²) in [7, 11) is 0. The Bertz CT molecular complexity index is 405. The van der Waals surface area contributed by atoms with Crippen LogP contribution in [0.5, 0.6) is 0 Å². The normalized spacial score (nSPS) is 10.4. The van der Waals surface area contributed by atoms with Gasteiger partial charge in [0.1, 0.15) is 11.3 Å². The van der Waals surface area contributed by atoms with E-state index in [9.17, 15) is 0 Å². The lowest BCUT2D eigenvalue weighted by molar-refractivity contribution is 1.03. The zero-order valence-corrected chi connectivity index (χ0v) is 9.31. The Balaban J connectivity index is 1.95. The fraction of sp³-hybridized carbons (Fsp3) is 0.143. The molecule has 0 aromatic carbocycles. The van der Waals surface area contributed by atoms with Crippen LogP contribution >= 0.6 is 34.7 Å². The van der Waals surface area contributed by atoms with Crippen molar-refractivity contribution in [1.29, 1.82) is 0 Å². The first kappa shape index (κ1) is 9.82. The van der Waals surface area contributed by atoms with E-state index in [0.717, 1.165) is 15.8 Å². The molecule has 2 aromatic rings. The number of rotatable bonds is 3. The van der Waals surface area contributed by atoms with Crippen molar-refractivity contribution >= 4 is 34.7 Å². The summed E-state index contributed by atoms with van der Waals surface area (Å²) >= 11 is 8.62. The highest BCUT2D eigenvalue weighted by molar-refractivity contribution is 7.98. The molecule has 72 valence electrons. The quantitative estimate of drug-likeness (QED) is 0.612. The topological polar surface area (TPSA) is 51.6 Å². The average molecular weight is 245 g/mol. The molecule has 0 aliphatic heterocycles. The summed E-state index contributed by atoms with van der Waals surface area (Å²) < 4.78 is 0.475. The van der Waals surface area contributed by atoms with Crippen LogP contribution in [0.2, 0.25) is 4.47 Å². The molecule has 2 rings (SSSR count). The second-order valence-corrected chi connectivity index (χ2v) is 4.92. The van der Waals surface area contributed by atoms with Gasteiger partial charge in [0.05, 0.1) is 10.8 Å². The van der Waals surface area contributed by atoms with Crippen LogP contribution in [0, 0.1) is 0 Å². The molecule has 0 radical (unpaired) electrons. The Morgan fingerprint density at radius 2 is 2.36 bits per heavy atom. The van der Waals surface area contributed by atoms with Crippen molar-refractivity contribution in [3.8, 4) is 0 Å². The maximum absolute atomic E-state index is 5.65. The molecule has 2 aromatic heterocycles. The van der Waals surface area contributed by atoms with Gasteiger partial charge in [-0.3, -0.25) is 0 Å². The minimum Gasteiger partial charge on any atom is -0.245 e. The van der Waals surface area contributed by atoms with Gasteiger partial charge in [-0.1, -0.05) is 23.1 Å². The van der Waals surface area contributed by atoms with Crippen LogP contribution in [0.4, 0.5) is 0 Å². The molecular weight excluding hydrogens is 240 g/mol. The average Bonchev–Trinajstić information content (AvgIpc) is 2.63. The molecule has 0 fully saturated rings. The Morgan fingerprint density at radius 3 is 3.00 bits per heavy atom. The maximum Gasteiger partial charge on any atom is 0.207 e. The van der Waals surface area contributed by atoms with Gasteiger partial charge >= 0.3 is 0 Å². The zero-order valence-electron chi connectivity index (χ0n) is 6.92. The van der Waals surface area contributed by atoms with E-state index < -0.39 is 0 Å². The lowest BCUT2D eigenvalue weighted by Gasteiger charge is -1.94. The van der Waals surface area contributed by atoms with Crippen LogP contribution < -0.4 is 0 Å². The Morgan fingerprint density at radius 1 is 1.43 bits per heavy atom. The Kier molecular flexibility index (Phi) is 3.28. The second-order valence-electron chi connectivity index (χ2n) is 2.29. The van der Waals surface area contributed by atoms with E-state index in [1.54, 1.807) is 18.0 Å². The van der Waals surface area contributed by atoms with Gasteiger partial charge in [-0.05, 0) is 17.7 Å². The smallest absolute Gasteiger partial charge is 0.207 e. The number of hydrogen-bond acceptors (Lipinski definition) is 6. The molecule has 0 unspecified atom stereocenters. The van der Waals surface area contributed by atoms with E-state index in [0.29, 0.717) is 4.47 Å². The first-order valence-electron chi connectivity index (χ1n) is 3.71. The highest BCUT2D eigenvalue weighted by Crippen LogP contribution is 2.23. The lowest BCUT2D eigenvalue weighted by Crippen LogP contribution is -1.82. The molecule has 0 saturated carbocycles. The van der Waals surface area contributed by atoms with E-state index in [4.69, 9.17) is 11.6 Å². The summed E-state index contributed by atoms with van der Waals surface area (Å²) in [6.07, 6.45) is 3.23. The van der Waals surface area contributed by atoms with Gasteiger partial charge < -0.3 is 0 Å². The van der Waals surface area contributed by atoms with Crippen molar-refractivity contribution in [3.05, 3.63) is 28.1 Å². The first-order valence-corrected chi connectivity index (χ1v) is 5.89. The van der Waals surface area contributed by atoms with Gasteiger partial charge in [-0.2, -0.15) is 0 Å². The van der Waals surface area contributed by atoms with Gasteiger partial charge in [0.2, 0.25) is 4.47 Å². The minimum absolute atomic E-state index is 0.475. The van der Waals surface area contributed by atoms with Gasteiger partial charge in [-0.25, -0.2) is 9.97 Å². The van der Waals surface area contributed by atoms with E-state index in [-0.39, 0.29) is 0 Å². The molecule has 14 heavy (non-hydrogen) atoms. The van der Waals surface area contributed by atoms with Crippen LogP contribution in [0.1, 0.15) is 5.01 Å². The van der Waals surface area contributed by atoms with Crippen LogP contribution in [0.15, 0.2) is 23.6 Å². The number of hydrogen-bond donors (Lipinski definition) is 0. The fourth-order valence-corrected chi connectivity index (χ4v) is 2.47. The maximum atomic E-state index is 5.65. The first-order chi connectivity index (χ1) is 6.84. The summed E-state index contributed by atoms with van der Waals surface area (Å²) in [5.74, 6) is 0.738. The number of thioether (sulfide) groups is 1. The van der Waals surface area contributed by atoms with Gasteiger partial charge in [0.15, 0.2) is 0 Å². The van der Waals surface area contributed by atoms with Crippen molar-refractivity contribution in [2.45, 2.75) is 10.8 Å². The van der Waals surface area contributed by atoms with E-state index in [1.807, 2.05) is 6.07 Å². The second kappa shape index (κ2) is 4.68. The Labute approximate surface area is 93.8 Å². The molecule has 0 N–H and O–H groups in total. The predicted molar refractivity (Wildman–Crippen MR) is 56.5 cm³/mol. The lowest BCUT2D eigenvalue weighted by atomic mass is 10.7. The molecule has 0 amide bonds. The summed E-state index contributed by atoms with van der Waals surface area (Å²) in [4.78, 5) is 7.91. The van der Waals surface area contributed by atoms with Crippen LogP contribution in [0.25, 0.3) is 0 Å². The van der Waals surface area contributed by atoms with Crippen molar-refractivity contribution in [3.63, 3.8) is 0 Å². The standard InChI is InChI=1S/C7H5ClN4S2/c8-7-12-11-6(14-7)3-13-5-1-2-9-4-10-5/h1-2,4H,3H2. The number of halogens is 1. The highest BCUT2D eigenvalue weighted by atomic mass is 35.5. The molecule has 0 aliphatic rings. The van der Waals surface area contributed by atoms with E-state index in [2.05, 4.69) is 20.2 Å². The van der Waals surface area contributed by atoms with E-state index >= 15 is 0 Å². The monoisotopic (exact) mass is 244 g/mol. The van der Waals surface area contributed by atoms with Gasteiger partial charge in [0, 0.05) is 6.20 Å². The molecular formula is C7H5ClN4S2. The molecule has 2 heterocycles. The zero-order chi connectivity index (χ0) is 9.80. The molecule has 0 bridgehead atoms. The molecule has 4 nitrogen and oxygen atoms in total. The largest absolute Gasteiger partial charge is 0.245 e.